The Bertz CT molecular complexity index is 861. The van der Waals surface area contributed by atoms with Gasteiger partial charge in [0.25, 0.3) is 0 Å². The van der Waals surface area contributed by atoms with E-state index in [1.54, 1.807) is 20.2 Å². The summed E-state index contributed by atoms with van der Waals surface area (Å²) in [7, 11) is 1.65. The number of guanidine groups is 1. The van der Waals surface area contributed by atoms with E-state index >= 15 is 0 Å². The molecule has 0 aliphatic carbocycles. The number of ether oxygens (including phenoxy) is 1. The van der Waals surface area contributed by atoms with Crippen LogP contribution in [0.15, 0.2) is 41.5 Å². The Balaban J connectivity index is 1.60. The van der Waals surface area contributed by atoms with Crippen molar-refractivity contribution in [2.75, 3.05) is 31.6 Å². The van der Waals surface area contributed by atoms with Crippen molar-refractivity contribution in [3.05, 3.63) is 59.3 Å². The van der Waals surface area contributed by atoms with E-state index in [0.717, 1.165) is 30.5 Å². The maximum Gasteiger partial charge on any atom is 0.191 e. The topological polar surface area (TPSA) is 61.8 Å². The highest BCUT2D eigenvalue weighted by atomic mass is 19.1. The Morgan fingerprint density at radius 1 is 1.34 bits per heavy atom. The number of benzene rings is 1. The summed E-state index contributed by atoms with van der Waals surface area (Å²) < 4.78 is 32.7. The van der Waals surface area contributed by atoms with Crippen LogP contribution in [0.2, 0.25) is 0 Å². The second kappa shape index (κ2) is 9.65. The normalized spacial score (nSPS) is 18.4. The number of nitrogens with zero attached hydrogens (tertiary/aromatic N) is 3. The number of aliphatic imine (C=N–C) groups is 1. The number of anilines is 1. The molecule has 156 valence electrons. The molecule has 0 amide bonds. The highest BCUT2D eigenvalue weighted by Crippen LogP contribution is 2.18. The molecule has 1 aliphatic heterocycles. The highest BCUT2D eigenvalue weighted by molar-refractivity contribution is 5.80. The van der Waals surface area contributed by atoms with Gasteiger partial charge in [-0.25, -0.2) is 13.8 Å². The van der Waals surface area contributed by atoms with Crippen molar-refractivity contribution in [2.24, 2.45) is 4.99 Å². The molecule has 2 heterocycles. The van der Waals surface area contributed by atoms with Gasteiger partial charge in [-0.2, -0.15) is 0 Å². The van der Waals surface area contributed by atoms with Crippen LogP contribution in [0.25, 0.3) is 0 Å². The fourth-order valence-corrected chi connectivity index (χ4v) is 3.29. The molecule has 2 aromatic rings. The van der Waals surface area contributed by atoms with Gasteiger partial charge in [0.15, 0.2) is 5.96 Å². The van der Waals surface area contributed by atoms with Crippen molar-refractivity contribution in [3.8, 4) is 0 Å². The van der Waals surface area contributed by atoms with E-state index in [9.17, 15) is 8.78 Å². The van der Waals surface area contributed by atoms with Gasteiger partial charge >= 0.3 is 0 Å². The predicted molar refractivity (Wildman–Crippen MR) is 110 cm³/mol. The molecule has 1 aliphatic rings. The van der Waals surface area contributed by atoms with E-state index in [2.05, 4.69) is 32.4 Å². The third kappa shape index (κ3) is 5.63. The fourth-order valence-electron chi connectivity index (χ4n) is 3.29. The Morgan fingerprint density at radius 2 is 2.17 bits per heavy atom. The lowest BCUT2D eigenvalue weighted by Gasteiger charge is -2.32. The van der Waals surface area contributed by atoms with E-state index in [4.69, 9.17) is 4.74 Å². The van der Waals surface area contributed by atoms with Crippen molar-refractivity contribution in [1.82, 2.24) is 15.6 Å². The average molecular weight is 403 g/mol. The number of rotatable bonds is 5. The van der Waals surface area contributed by atoms with Gasteiger partial charge in [-0.1, -0.05) is 6.07 Å². The van der Waals surface area contributed by atoms with Crippen LogP contribution in [0.1, 0.15) is 31.0 Å². The molecule has 2 atom stereocenters. The molecular weight excluding hydrogens is 376 g/mol. The molecule has 2 unspecified atom stereocenters. The average Bonchev–Trinajstić information content (AvgIpc) is 2.71. The van der Waals surface area contributed by atoms with E-state index < -0.39 is 11.6 Å². The van der Waals surface area contributed by atoms with Crippen LogP contribution in [0.3, 0.4) is 0 Å². The summed E-state index contributed by atoms with van der Waals surface area (Å²) in [4.78, 5) is 10.9. The third-order valence-corrected chi connectivity index (χ3v) is 4.84. The van der Waals surface area contributed by atoms with Crippen molar-refractivity contribution in [3.63, 3.8) is 0 Å². The maximum absolute atomic E-state index is 14.0. The first kappa shape index (κ1) is 21.0. The zero-order valence-corrected chi connectivity index (χ0v) is 17.0. The minimum atomic E-state index is -0.593. The van der Waals surface area contributed by atoms with Crippen LogP contribution < -0.4 is 15.5 Å². The smallest absolute Gasteiger partial charge is 0.191 e. The molecule has 0 radical (unpaired) electrons. The molecule has 8 heteroatoms. The zero-order valence-electron chi connectivity index (χ0n) is 17.0. The molecule has 1 fully saturated rings. The number of hydrogen-bond acceptors (Lipinski definition) is 4. The first-order valence-electron chi connectivity index (χ1n) is 9.70. The number of pyridine rings is 1. The van der Waals surface area contributed by atoms with Crippen molar-refractivity contribution < 1.29 is 13.5 Å². The predicted octanol–water partition coefficient (Wildman–Crippen LogP) is 3.01. The largest absolute Gasteiger partial charge is 0.375 e. The van der Waals surface area contributed by atoms with Crippen molar-refractivity contribution >= 4 is 11.8 Å². The van der Waals surface area contributed by atoms with Gasteiger partial charge in [0.2, 0.25) is 0 Å². The maximum atomic E-state index is 14.0. The number of nitrogens with one attached hydrogen (secondary N) is 2. The van der Waals surface area contributed by atoms with Gasteiger partial charge in [-0.15, -0.1) is 0 Å². The molecule has 1 saturated heterocycles. The van der Waals surface area contributed by atoms with Gasteiger partial charge in [0, 0.05) is 44.5 Å². The molecule has 0 bridgehead atoms. The molecule has 0 spiro atoms. The molecule has 1 aromatic carbocycles. The third-order valence-electron chi connectivity index (χ3n) is 4.84. The summed E-state index contributed by atoms with van der Waals surface area (Å²) in [5, 5.41) is 6.36. The number of aromatic nitrogens is 1. The lowest BCUT2D eigenvalue weighted by atomic mass is 10.1. The Hall–Kier alpha value is -2.74. The SMILES string of the molecule is CN=C(NCc1ccnc(N2CCOC(C)C2)c1)NC(C)c1ccc(F)cc1F. The quantitative estimate of drug-likeness (QED) is 0.594. The Labute approximate surface area is 170 Å². The number of morpholine rings is 1. The van der Waals surface area contributed by atoms with Gasteiger partial charge in [-0.05, 0) is 37.6 Å². The van der Waals surface area contributed by atoms with E-state index in [1.165, 1.54) is 12.1 Å². The number of hydrogen-bond donors (Lipinski definition) is 2. The molecule has 0 saturated carbocycles. The van der Waals surface area contributed by atoms with Gasteiger partial charge in [-0.3, -0.25) is 4.99 Å². The van der Waals surface area contributed by atoms with E-state index in [-0.39, 0.29) is 12.1 Å². The summed E-state index contributed by atoms with van der Waals surface area (Å²) in [5.74, 6) is 0.270. The van der Waals surface area contributed by atoms with Crippen LogP contribution in [-0.2, 0) is 11.3 Å². The second-order valence-corrected chi connectivity index (χ2v) is 7.11. The lowest BCUT2D eigenvalue weighted by Crippen LogP contribution is -2.41. The summed E-state index contributed by atoms with van der Waals surface area (Å²) in [6, 6.07) is 7.18. The van der Waals surface area contributed by atoms with Crippen LogP contribution in [0.5, 0.6) is 0 Å². The van der Waals surface area contributed by atoms with Crippen LogP contribution >= 0.6 is 0 Å². The molecule has 29 heavy (non-hydrogen) atoms. The summed E-state index contributed by atoms with van der Waals surface area (Å²) in [6.07, 6.45) is 1.97. The summed E-state index contributed by atoms with van der Waals surface area (Å²) in [5.41, 5.74) is 1.43. The van der Waals surface area contributed by atoms with Crippen molar-refractivity contribution in [1.29, 1.82) is 0 Å². The molecule has 3 rings (SSSR count). The minimum Gasteiger partial charge on any atom is -0.375 e. The van der Waals surface area contributed by atoms with Crippen LogP contribution in [0.4, 0.5) is 14.6 Å². The Kier molecular flexibility index (Phi) is 6.98. The molecular formula is C21H27F2N5O. The van der Waals surface area contributed by atoms with Crippen LogP contribution in [-0.4, -0.2) is 43.8 Å². The zero-order chi connectivity index (χ0) is 20.8. The van der Waals surface area contributed by atoms with E-state index in [1.807, 2.05) is 12.1 Å². The van der Waals surface area contributed by atoms with Gasteiger partial charge in [0.05, 0.1) is 18.8 Å². The monoisotopic (exact) mass is 403 g/mol. The lowest BCUT2D eigenvalue weighted by molar-refractivity contribution is 0.0529. The van der Waals surface area contributed by atoms with Gasteiger partial charge in [0.1, 0.15) is 17.5 Å². The molecule has 6 nitrogen and oxygen atoms in total. The van der Waals surface area contributed by atoms with Crippen LogP contribution in [0, 0.1) is 11.6 Å². The minimum absolute atomic E-state index is 0.184. The summed E-state index contributed by atoms with van der Waals surface area (Å²) in [6.45, 7) is 6.71. The fraction of sp³-hybridized carbons (Fsp3) is 0.429. The van der Waals surface area contributed by atoms with Gasteiger partial charge < -0.3 is 20.3 Å². The standard InChI is InChI=1S/C21H27F2N5O/c1-14-13-28(8-9-29-14)20-10-16(6-7-25-20)12-26-21(24-3)27-15(2)18-5-4-17(22)11-19(18)23/h4-7,10-11,14-15H,8-9,12-13H2,1-3H3,(H2,24,26,27). The van der Waals surface area contributed by atoms with Crippen molar-refractivity contribution in [2.45, 2.75) is 32.5 Å². The second-order valence-electron chi connectivity index (χ2n) is 7.11. The highest BCUT2D eigenvalue weighted by Gasteiger charge is 2.18. The number of halogens is 2. The van der Waals surface area contributed by atoms with E-state index in [0.29, 0.717) is 24.7 Å². The summed E-state index contributed by atoms with van der Waals surface area (Å²) >= 11 is 0. The first-order chi connectivity index (χ1) is 14.0. The Morgan fingerprint density at radius 3 is 2.90 bits per heavy atom. The molecule has 1 aromatic heterocycles. The first-order valence-corrected chi connectivity index (χ1v) is 9.70. The molecule has 2 N–H and O–H groups in total.